The molecule has 0 heterocycles. The first-order valence-corrected chi connectivity index (χ1v) is 10.4. The Hall–Kier alpha value is -1.60. The quantitative estimate of drug-likeness (QED) is 0.546. The topological polar surface area (TPSA) is 81.7 Å². The van der Waals surface area contributed by atoms with E-state index in [2.05, 4.69) is 5.32 Å². The molecule has 1 atom stereocenters. The molecule has 1 N–H and O–H groups in total. The number of carbonyl (C=O) groups excluding carboxylic acids is 1. The van der Waals surface area contributed by atoms with E-state index in [1.807, 2.05) is 27.7 Å². The molecule has 1 aliphatic rings. The van der Waals surface area contributed by atoms with Crippen LogP contribution in [0.15, 0.2) is 29.2 Å². The number of ether oxygens (including phenoxy) is 1. The maximum Gasteiger partial charge on any atom is 0.407 e. The summed E-state index contributed by atoms with van der Waals surface area (Å²) in [6.07, 6.45) is 2.92. The fourth-order valence-electron chi connectivity index (χ4n) is 2.63. The van der Waals surface area contributed by atoms with E-state index in [1.165, 1.54) is 0 Å². The first kappa shape index (κ1) is 20.7. The zero-order valence-corrected chi connectivity index (χ0v) is 16.8. The van der Waals surface area contributed by atoms with Crippen molar-refractivity contribution in [2.45, 2.75) is 69.9 Å². The molecule has 6 nitrogen and oxygen atoms in total. The monoisotopic (exact) mass is 383 g/mol. The summed E-state index contributed by atoms with van der Waals surface area (Å²) in [6.45, 7) is 7.45. The zero-order chi connectivity index (χ0) is 19.4. The molecule has 1 aromatic carbocycles. The summed E-state index contributed by atoms with van der Waals surface area (Å²) in [4.78, 5) is 12.1. The maximum absolute atomic E-state index is 12.2. The molecule has 1 fully saturated rings. The number of rotatable bonds is 8. The summed E-state index contributed by atoms with van der Waals surface area (Å²) in [5.74, 6) is 0.441. The number of aryl methyl sites for hydroxylation is 1. The number of nitrogens with one attached hydrogen (secondary N) is 1. The highest BCUT2D eigenvalue weighted by Crippen LogP contribution is 2.34. The van der Waals surface area contributed by atoms with Gasteiger partial charge in [0.15, 0.2) is 0 Å². The molecule has 1 unspecified atom stereocenters. The van der Waals surface area contributed by atoms with Crippen LogP contribution in [0.2, 0.25) is 0 Å². The molecule has 146 valence electrons. The lowest BCUT2D eigenvalue weighted by atomic mass is 10.1. The Kier molecular flexibility index (Phi) is 6.69. The average Bonchev–Trinajstić information content (AvgIpc) is 3.33. The van der Waals surface area contributed by atoms with Gasteiger partial charge in [0.25, 0.3) is 10.1 Å². The first-order chi connectivity index (χ1) is 12.1. The minimum absolute atomic E-state index is 0.00414. The molecule has 0 aliphatic heterocycles. The molecule has 0 spiro atoms. The van der Waals surface area contributed by atoms with Gasteiger partial charge in [-0.2, -0.15) is 8.42 Å². The van der Waals surface area contributed by atoms with Crippen LogP contribution in [-0.2, 0) is 19.0 Å². The highest BCUT2D eigenvalue weighted by atomic mass is 32.2. The molecule has 1 aromatic rings. The summed E-state index contributed by atoms with van der Waals surface area (Å²) in [5.41, 5.74) is 0.452. The van der Waals surface area contributed by atoms with Crippen molar-refractivity contribution in [3.05, 3.63) is 29.8 Å². The van der Waals surface area contributed by atoms with E-state index in [9.17, 15) is 13.2 Å². The normalized spacial score (nSPS) is 16.2. The van der Waals surface area contributed by atoms with E-state index >= 15 is 0 Å². The highest BCUT2D eigenvalue weighted by Gasteiger charge is 2.33. The van der Waals surface area contributed by atoms with Crippen molar-refractivity contribution in [1.82, 2.24) is 5.32 Å². The second kappa shape index (κ2) is 8.39. The molecule has 1 amide bonds. The van der Waals surface area contributed by atoms with Crippen LogP contribution in [0.3, 0.4) is 0 Å². The van der Waals surface area contributed by atoms with Crippen molar-refractivity contribution in [3.8, 4) is 0 Å². The van der Waals surface area contributed by atoms with Gasteiger partial charge in [-0.1, -0.05) is 17.7 Å². The van der Waals surface area contributed by atoms with Gasteiger partial charge in [-0.25, -0.2) is 4.79 Å². The van der Waals surface area contributed by atoms with Gasteiger partial charge >= 0.3 is 6.09 Å². The predicted octanol–water partition coefficient (Wildman–Crippen LogP) is 3.78. The van der Waals surface area contributed by atoms with Gasteiger partial charge in [-0.05, 0) is 71.4 Å². The Morgan fingerprint density at radius 1 is 1.23 bits per heavy atom. The smallest absolute Gasteiger partial charge is 0.407 e. The van der Waals surface area contributed by atoms with Crippen LogP contribution in [0.5, 0.6) is 0 Å². The van der Waals surface area contributed by atoms with E-state index in [1.54, 1.807) is 24.3 Å². The summed E-state index contributed by atoms with van der Waals surface area (Å²) < 4.78 is 34.7. The van der Waals surface area contributed by atoms with Crippen molar-refractivity contribution in [1.29, 1.82) is 0 Å². The lowest BCUT2D eigenvalue weighted by Crippen LogP contribution is -2.40. The van der Waals surface area contributed by atoms with Crippen molar-refractivity contribution in [3.63, 3.8) is 0 Å². The van der Waals surface area contributed by atoms with E-state index in [0.717, 1.165) is 18.4 Å². The lowest BCUT2D eigenvalue weighted by molar-refractivity contribution is 0.0493. The number of hydrogen-bond donors (Lipinski definition) is 1. The van der Waals surface area contributed by atoms with Crippen molar-refractivity contribution < 1.29 is 22.1 Å². The number of hydrogen-bond acceptors (Lipinski definition) is 5. The number of alkyl carbamates (subject to hydrolysis) is 1. The second-order valence-corrected chi connectivity index (χ2v) is 9.44. The van der Waals surface area contributed by atoms with Crippen molar-refractivity contribution in [2.24, 2.45) is 5.92 Å². The lowest BCUT2D eigenvalue weighted by Gasteiger charge is -2.23. The maximum atomic E-state index is 12.2. The van der Waals surface area contributed by atoms with Gasteiger partial charge in [0, 0.05) is 6.04 Å². The fourth-order valence-corrected chi connectivity index (χ4v) is 3.57. The number of carbonyl (C=O) groups is 1. The van der Waals surface area contributed by atoms with Crippen LogP contribution >= 0.6 is 0 Å². The van der Waals surface area contributed by atoms with E-state index in [4.69, 9.17) is 8.92 Å². The Labute approximate surface area is 156 Å². The third-order valence-electron chi connectivity index (χ3n) is 4.10. The molecule has 7 heteroatoms. The molecule has 1 saturated carbocycles. The minimum Gasteiger partial charge on any atom is -0.444 e. The number of benzene rings is 1. The van der Waals surface area contributed by atoms with E-state index < -0.39 is 21.8 Å². The van der Waals surface area contributed by atoms with Crippen molar-refractivity contribution >= 4 is 16.2 Å². The Bertz CT molecular complexity index is 702. The molecule has 0 radical (unpaired) electrons. The minimum atomic E-state index is -3.74. The molecule has 0 aromatic heterocycles. The first-order valence-electron chi connectivity index (χ1n) is 9.02. The van der Waals surface area contributed by atoms with Gasteiger partial charge in [0.2, 0.25) is 0 Å². The van der Waals surface area contributed by atoms with E-state index in [0.29, 0.717) is 18.8 Å². The Balaban J connectivity index is 1.79. The zero-order valence-electron chi connectivity index (χ0n) is 15.9. The molecule has 1 aliphatic carbocycles. The van der Waals surface area contributed by atoms with Crippen LogP contribution in [0, 0.1) is 12.8 Å². The van der Waals surface area contributed by atoms with Crippen LogP contribution in [0.25, 0.3) is 0 Å². The van der Waals surface area contributed by atoms with Crippen LogP contribution in [0.1, 0.15) is 52.0 Å². The third kappa shape index (κ3) is 6.96. The Morgan fingerprint density at radius 3 is 2.38 bits per heavy atom. The van der Waals surface area contributed by atoms with Crippen LogP contribution in [-0.4, -0.2) is 32.8 Å². The van der Waals surface area contributed by atoms with Crippen LogP contribution in [0.4, 0.5) is 4.79 Å². The standard InChI is InChI=1S/C19H29NO5S/c1-14-7-11-16(12-8-14)26(22,23)24-13-5-6-17(15-9-10-15)20-18(21)25-19(2,3)4/h7-8,11-12,15,17H,5-6,9-10,13H2,1-4H3,(H,20,21). The summed E-state index contributed by atoms with van der Waals surface area (Å²) in [6, 6.07) is 6.56. The predicted molar refractivity (Wildman–Crippen MR) is 99.4 cm³/mol. The summed E-state index contributed by atoms with van der Waals surface area (Å²) in [5, 5.41) is 2.90. The second-order valence-electron chi connectivity index (χ2n) is 7.82. The molecular weight excluding hydrogens is 354 g/mol. The SMILES string of the molecule is Cc1ccc(S(=O)(=O)OCCCC(NC(=O)OC(C)(C)C)C2CC2)cc1. The molecule has 26 heavy (non-hydrogen) atoms. The molecular formula is C19H29NO5S. The fraction of sp³-hybridized carbons (Fsp3) is 0.632. The summed E-state index contributed by atoms with van der Waals surface area (Å²) in [7, 11) is -3.74. The van der Waals surface area contributed by atoms with Crippen LogP contribution < -0.4 is 5.32 Å². The number of amides is 1. The molecule has 0 saturated heterocycles. The van der Waals surface area contributed by atoms with Crippen molar-refractivity contribution in [2.75, 3.05) is 6.61 Å². The van der Waals surface area contributed by atoms with Gasteiger partial charge in [-0.3, -0.25) is 4.18 Å². The Morgan fingerprint density at radius 2 is 1.85 bits per heavy atom. The van der Waals surface area contributed by atoms with E-state index in [-0.39, 0.29) is 17.5 Å². The summed E-state index contributed by atoms with van der Waals surface area (Å²) >= 11 is 0. The van der Waals surface area contributed by atoms with Gasteiger partial charge in [-0.15, -0.1) is 0 Å². The average molecular weight is 384 g/mol. The largest absolute Gasteiger partial charge is 0.444 e. The molecule has 2 rings (SSSR count). The molecule has 0 bridgehead atoms. The van der Waals surface area contributed by atoms with Gasteiger partial charge < -0.3 is 10.1 Å². The van der Waals surface area contributed by atoms with Gasteiger partial charge in [0.1, 0.15) is 5.60 Å². The highest BCUT2D eigenvalue weighted by molar-refractivity contribution is 7.86. The van der Waals surface area contributed by atoms with Gasteiger partial charge in [0.05, 0.1) is 11.5 Å². The third-order valence-corrected chi connectivity index (χ3v) is 5.43.